The lowest BCUT2D eigenvalue weighted by Gasteiger charge is -2.08. The summed E-state index contributed by atoms with van der Waals surface area (Å²) in [4.78, 5) is 10.6. The third-order valence-corrected chi connectivity index (χ3v) is 1.92. The van der Waals surface area contributed by atoms with Gasteiger partial charge in [0.1, 0.15) is 0 Å². The number of nitrogen functional groups attached to an aromatic ring is 1. The molecular formula is C10H13FN2O. The van der Waals surface area contributed by atoms with Gasteiger partial charge in [-0.3, -0.25) is 4.79 Å². The van der Waals surface area contributed by atoms with Crippen LogP contribution in [0.5, 0.6) is 0 Å². The fourth-order valence-electron chi connectivity index (χ4n) is 1.07. The number of carbonyl (C=O) groups excluding carboxylic acids is 1. The number of nitrogens with two attached hydrogens (primary N) is 1. The van der Waals surface area contributed by atoms with Crippen molar-refractivity contribution in [2.75, 3.05) is 12.3 Å². The second-order valence-electron chi connectivity index (χ2n) is 3.10. The third-order valence-electron chi connectivity index (χ3n) is 1.92. The molecule has 0 aliphatic carbocycles. The van der Waals surface area contributed by atoms with Gasteiger partial charge in [-0.25, -0.2) is 0 Å². The zero-order valence-corrected chi connectivity index (χ0v) is 8.03. The molecule has 0 spiro atoms. The minimum Gasteiger partial charge on any atom is -0.399 e. The summed E-state index contributed by atoms with van der Waals surface area (Å²) in [5.74, 6) is -0.569. The number of anilines is 1. The lowest BCUT2D eigenvalue weighted by molar-refractivity contribution is -0.143. The van der Waals surface area contributed by atoms with Crippen LogP contribution in [0, 0.1) is 0 Å². The van der Waals surface area contributed by atoms with Crippen LogP contribution in [0.1, 0.15) is 12.5 Å². The van der Waals surface area contributed by atoms with Gasteiger partial charge in [-0.05, 0) is 24.1 Å². The van der Waals surface area contributed by atoms with E-state index in [1.807, 2.05) is 12.1 Å². The average molecular weight is 196 g/mol. The smallest absolute Gasteiger partial charge is 0.247 e. The molecule has 0 aliphatic heterocycles. The minimum absolute atomic E-state index is 0.0826. The molecular weight excluding hydrogens is 183 g/mol. The van der Waals surface area contributed by atoms with Crippen LogP contribution in [-0.2, 0) is 11.2 Å². The maximum atomic E-state index is 12.7. The molecule has 76 valence electrons. The predicted octanol–water partition coefficient (Wildman–Crippen LogP) is 1.54. The molecule has 4 heteroatoms. The Bertz CT molecular complexity index is 310. The number of hydrogen-bond donors (Lipinski definition) is 1. The third kappa shape index (κ3) is 3.05. The number of hydrogen-bond acceptors (Lipinski definition) is 2. The lowest BCUT2D eigenvalue weighted by atomic mass is 10.1. The van der Waals surface area contributed by atoms with Crippen LogP contribution < -0.4 is 5.73 Å². The quantitative estimate of drug-likeness (QED) is 0.588. The highest BCUT2D eigenvalue weighted by molar-refractivity contribution is 5.71. The first-order valence-corrected chi connectivity index (χ1v) is 4.38. The molecule has 1 rings (SSSR count). The Morgan fingerprint density at radius 1 is 1.43 bits per heavy atom. The van der Waals surface area contributed by atoms with Gasteiger partial charge < -0.3 is 5.73 Å². The summed E-state index contributed by atoms with van der Waals surface area (Å²) in [6, 6.07) is 7.16. The molecule has 1 amide bonds. The van der Waals surface area contributed by atoms with Gasteiger partial charge in [0.05, 0.1) is 6.54 Å². The molecule has 14 heavy (non-hydrogen) atoms. The summed E-state index contributed by atoms with van der Waals surface area (Å²) < 4.78 is 12.7. The second kappa shape index (κ2) is 4.60. The Labute approximate surface area is 82.3 Å². The highest BCUT2D eigenvalue weighted by Gasteiger charge is 2.05. The first-order chi connectivity index (χ1) is 6.59. The molecule has 2 N–H and O–H groups in total. The van der Waals surface area contributed by atoms with Crippen molar-refractivity contribution < 1.29 is 9.28 Å². The minimum atomic E-state index is -0.569. The second-order valence-corrected chi connectivity index (χ2v) is 3.10. The van der Waals surface area contributed by atoms with Crippen molar-refractivity contribution in [1.82, 2.24) is 5.12 Å². The Morgan fingerprint density at radius 3 is 2.50 bits per heavy atom. The van der Waals surface area contributed by atoms with Gasteiger partial charge in [-0.15, -0.1) is 0 Å². The van der Waals surface area contributed by atoms with Crippen LogP contribution >= 0.6 is 0 Å². The van der Waals surface area contributed by atoms with E-state index in [2.05, 4.69) is 0 Å². The van der Waals surface area contributed by atoms with Crippen LogP contribution in [0.15, 0.2) is 24.3 Å². The van der Waals surface area contributed by atoms with Crippen molar-refractivity contribution in [3.05, 3.63) is 29.8 Å². The van der Waals surface area contributed by atoms with Gasteiger partial charge in [0.15, 0.2) is 0 Å². The van der Waals surface area contributed by atoms with E-state index >= 15 is 0 Å². The lowest BCUT2D eigenvalue weighted by Crippen LogP contribution is -2.21. The molecule has 1 aromatic rings. The molecule has 0 aromatic heterocycles. The maximum absolute atomic E-state index is 12.7. The molecule has 0 heterocycles. The number of halogens is 1. The van der Waals surface area contributed by atoms with Crippen molar-refractivity contribution in [2.45, 2.75) is 13.3 Å². The molecule has 1 aromatic carbocycles. The van der Waals surface area contributed by atoms with E-state index in [1.165, 1.54) is 6.92 Å². The number of nitrogens with zero attached hydrogens (tertiary/aromatic N) is 1. The standard InChI is InChI=1S/C10H13FN2O/c1-8(14)13(11)7-6-9-2-4-10(12)5-3-9/h2-5H,6-7,12H2,1H3. The largest absolute Gasteiger partial charge is 0.399 e. The fourth-order valence-corrected chi connectivity index (χ4v) is 1.07. The summed E-state index contributed by atoms with van der Waals surface area (Å²) in [5, 5.41) is 0.205. The SMILES string of the molecule is CC(=O)N(F)CCc1ccc(N)cc1. The highest BCUT2D eigenvalue weighted by atomic mass is 19.2. The van der Waals surface area contributed by atoms with Crippen LogP contribution in [-0.4, -0.2) is 17.6 Å². The number of benzene rings is 1. The van der Waals surface area contributed by atoms with Crippen LogP contribution in [0.25, 0.3) is 0 Å². The van der Waals surface area contributed by atoms with Crippen LogP contribution in [0.3, 0.4) is 0 Å². The van der Waals surface area contributed by atoms with Crippen molar-refractivity contribution in [2.24, 2.45) is 0 Å². The fraction of sp³-hybridized carbons (Fsp3) is 0.300. The van der Waals surface area contributed by atoms with Gasteiger partial charge in [0.2, 0.25) is 5.91 Å². The van der Waals surface area contributed by atoms with E-state index in [4.69, 9.17) is 5.73 Å². The number of rotatable bonds is 3. The Kier molecular flexibility index (Phi) is 3.45. The molecule has 0 aliphatic rings. The molecule has 0 saturated heterocycles. The van der Waals surface area contributed by atoms with E-state index < -0.39 is 5.91 Å². The first-order valence-electron chi connectivity index (χ1n) is 4.38. The normalized spacial score (nSPS) is 9.86. The van der Waals surface area contributed by atoms with Gasteiger partial charge >= 0.3 is 0 Å². The zero-order chi connectivity index (χ0) is 10.6. The van der Waals surface area contributed by atoms with Crippen LogP contribution in [0.4, 0.5) is 10.2 Å². The molecule has 0 fully saturated rings. The molecule has 0 radical (unpaired) electrons. The summed E-state index contributed by atoms with van der Waals surface area (Å²) >= 11 is 0. The Hall–Kier alpha value is -1.58. The highest BCUT2D eigenvalue weighted by Crippen LogP contribution is 2.06. The van der Waals surface area contributed by atoms with Crippen molar-refractivity contribution >= 4 is 11.6 Å². The molecule has 0 unspecified atom stereocenters. The van der Waals surface area contributed by atoms with Crippen molar-refractivity contribution in [3.8, 4) is 0 Å². The van der Waals surface area contributed by atoms with E-state index in [0.29, 0.717) is 12.1 Å². The van der Waals surface area contributed by atoms with E-state index in [1.54, 1.807) is 12.1 Å². The van der Waals surface area contributed by atoms with E-state index in [0.717, 1.165) is 5.56 Å². The molecule has 0 bridgehead atoms. The Balaban J connectivity index is 2.46. The van der Waals surface area contributed by atoms with Crippen LogP contribution in [0.2, 0.25) is 0 Å². The number of amides is 1. The van der Waals surface area contributed by atoms with E-state index in [-0.39, 0.29) is 11.7 Å². The maximum Gasteiger partial charge on any atom is 0.247 e. The van der Waals surface area contributed by atoms with Gasteiger partial charge in [-0.1, -0.05) is 16.6 Å². The first kappa shape index (κ1) is 10.5. The Morgan fingerprint density at radius 2 is 2.00 bits per heavy atom. The summed E-state index contributed by atoms with van der Waals surface area (Å²) in [6.45, 7) is 1.28. The summed E-state index contributed by atoms with van der Waals surface area (Å²) in [5.41, 5.74) is 7.13. The van der Waals surface area contributed by atoms with Crippen molar-refractivity contribution in [3.63, 3.8) is 0 Å². The van der Waals surface area contributed by atoms with Crippen molar-refractivity contribution in [1.29, 1.82) is 0 Å². The molecule has 0 atom stereocenters. The van der Waals surface area contributed by atoms with Gasteiger partial charge in [0.25, 0.3) is 0 Å². The van der Waals surface area contributed by atoms with Gasteiger partial charge in [-0.2, -0.15) is 5.12 Å². The number of carbonyl (C=O) groups is 1. The summed E-state index contributed by atoms with van der Waals surface area (Å²) in [7, 11) is 0. The van der Waals surface area contributed by atoms with Gasteiger partial charge in [0, 0.05) is 12.6 Å². The monoisotopic (exact) mass is 196 g/mol. The topological polar surface area (TPSA) is 46.3 Å². The molecule has 0 saturated carbocycles. The predicted molar refractivity (Wildman–Crippen MR) is 53.1 cm³/mol. The summed E-state index contributed by atoms with van der Waals surface area (Å²) in [6.07, 6.45) is 0.496. The van der Waals surface area contributed by atoms with E-state index in [9.17, 15) is 9.28 Å². The zero-order valence-electron chi connectivity index (χ0n) is 8.03. The average Bonchev–Trinajstić information content (AvgIpc) is 2.16. The molecule has 3 nitrogen and oxygen atoms in total.